The zero-order valence-electron chi connectivity index (χ0n) is 15.7. The second-order valence-electron chi connectivity index (χ2n) is 7.03. The average molecular weight is 370 g/mol. The number of hydrogen-bond donors (Lipinski definition) is 0. The first-order valence-electron chi connectivity index (χ1n) is 9.54. The van der Waals surface area contributed by atoms with Crippen molar-refractivity contribution in [1.29, 1.82) is 0 Å². The number of aromatic nitrogens is 1. The van der Waals surface area contributed by atoms with Crippen LogP contribution in [0.1, 0.15) is 24.3 Å². The van der Waals surface area contributed by atoms with E-state index in [9.17, 15) is 0 Å². The Labute approximate surface area is 164 Å². The van der Waals surface area contributed by atoms with Crippen LogP contribution in [-0.4, -0.2) is 11.7 Å². The SMILES string of the molecule is COc1ccc(C2CC(n3ccc4ccccc43)ON2c2ccccc2)cc1. The Balaban J connectivity index is 1.53. The molecule has 0 spiro atoms. The minimum atomic E-state index is -0.0628. The summed E-state index contributed by atoms with van der Waals surface area (Å²) in [7, 11) is 1.69. The van der Waals surface area contributed by atoms with E-state index < -0.39 is 0 Å². The van der Waals surface area contributed by atoms with Crippen molar-refractivity contribution in [1.82, 2.24) is 4.57 Å². The lowest BCUT2D eigenvalue weighted by Crippen LogP contribution is -2.21. The van der Waals surface area contributed by atoms with Crippen LogP contribution >= 0.6 is 0 Å². The molecule has 4 nitrogen and oxygen atoms in total. The van der Waals surface area contributed by atoms with Crippen molar-refractivity contribution < 1.29 is 9.57 Å². The third-order valence-corrected chi connectivity index (χ3v) is 5.39. The Hall–Kier alpha value is -3.24. The van der Waals surface area contributed by atoms with Crippen LogP contribution < -0.4 is 9.80 Å². The first-order chi connectivity index (χ1) is 13.8. The van der Waals surface area contributed by atoms with Crippen molar-refractivity contribution in [2.45, 2.75) is 18.7 Å². The van der Waals surface area contributed by atoms with Gasteiger partial charge in [0.2, 0.25) is 0 Å². The number of para-hydroxylation sites is 2. The lowest BCUT2D eigenvalue weighted by molar-refractivity contribution is 0.0378. The quantitative estimate of drug-likeness (QED) is 0.459. The van der Waals surface area contributed by atoms with Crippen LogP contribution in [0.25, 0.3) is 10.9 Å². The van der Waals surface area contributed by atoms with E-state index in [2.05, 4.69) is 65.4 Å². The Kier molecular flexibility index (Phi) is 4.26. The Morgan fingerprint density at radius 3 is 2.39 bits per heavy atom. The topological polar surface area (TPSA) is 26.6 Å². The molecule has 2 unspecified atom stereocenters. The van der Waals surface area contributed by atoms with E-state index in [4.69, 9.17) is 9.57 Å². The summed E-state index contributed by atoms with van der Waals surface area (Å²) in [6.45, 7) is 0. The van der Waals surface area contributed by atoms with Crippen LogP contribution in [0.4, 0.5) is 5.69 Å². The molecule has 1 aliphatic heterocycles. The summed E-state index contributed by atoms with van der Waals surface area (Å²) in [5, 5.41) is 3.27. The highest BCUT2D eigenvalue weighted by atomic mass is 16.7. The van der Waals surface area contributed by atoms with Gasteiger partial charge in [0.05, 0.1) is 24.4 Å². The van der Waals surface area contributed by atoms with Crippen LogP contribution in [0.2, 0.25) is 0 Å². The normalized spacial score (nSPS) is 19.2. The minimum Gasteiger partial charge on any atom is -0.497 e. The van der Waals surface area contributed by atoms with Crippen LogP contribution in [0.5, 0.6) is 5.75 Å². The number of fused-ring (bicyclic) bond motifs is 1. The molecule has 4 heteroatoms. The number of hydrogen-bond acceptors (Lipinski definition) is 3. The van der Waals surface area contributed by atoms with E-state index in [1.165, 1.54) is 16.5 Å². The molecule has 0 radical (unpaired) electrons. The second kappa shape index (κ2) is 7.06. The Morgan fingerprint density at radius 1 is 0.857 bits per heavy atom. The summed E-state index contributed by atoms with van der Waals surface area (Å²) in [6.07, 6.45) is 2.92. The fourth-order valence-electron chi connectivity index (χ4n) is 3.97. The zero-order chi connectivity index (χ0) is 18.9. The molecule has 1 saturated heterocycles. The summed E-state index contributed by atoms with van der Waals surface area (Å²) in [5.41, 5.74) is 3.46. The molecule has 0 saturated carbocycles. The molecule has 0 bridgehead atoms. The van der Waals surface area contributed by atoms with Crippen LogP contribution in [0.15, 0.2) is 91.1 Å². The van der Waals surface area contributed by atoms with Gasteiger partial charge < -0.3 is 9.30 Å². The number of ether oxygens (including phenoxy) is 1. The van der Waals surface area contributed by atoms with Crippen LogP contribution in [0.3, 0.4) is 0 Å². The third-order valence-electron chi connectivity index (χ3n) is 5.39. The van der Waals surface area contributed by atoms with Gasteiger partial charge in [-0.2, -0.15) is 0 Å². The van der Waals surface area contributed by atoms with Gasteiger partial charge in [-0.1, -0.05) is 48.5 Å². The summed E-state index contributed by atoms with van der Waals surface area (Å²) in [6, 6.07) is 29.3. The predicted molar refractivity (Wildman–Crippen MR) is 111 cm³/mol. The fraction of sp³-hybridized carbons (Fsp3) is 0.167. The smallest absolute Gasteiger partial charge is 0.163 e. The van der Waals surface area contributed by atoms with Gasteiger partial charge in [-0.15, -0.1) is 0 Å². The zero-order valence-corrected chi connectivity index (χ0v) is 15.7. The van der Waals surface area contributed by atoms with Crippen molar-refractivity contribution in [3.05, 3.63) is 96.7 Å². The van der Waals surface area contributed by atoms with Gasteiger partial charge in [0.25, 0.3) is 0 Å². The molecule has 140 valence electrons. The van der Waals surface area contributed by atoms with E-state index in [-0.39, 0.29) is 12.3 Å². The third kappa shape index (κ3) is 2.92. The van der Waals surface area contributed by atoms with Crippen LogP contribution in [-0.2, 0) is 4.84 Å². The molecule has 4 aromatic rings. The number of methoxy groups -OCH3 is 1. The maximum absolute atomic E-state index is 6.49. The largest absolute Gasteiger partial charge is 0.497 e. The molecule has 2 heterocycles. The van der Waals surface area contributed by atoms with Crippen molar-refractivity contribution in [3.8, 4) is 5.75 Å². The number of nitrogens with zero attached hydrogens (tertiary/aromatic N) is 2. The molecular weight excluding hydrogens is 348 g/mol. The van der Waals surface area contributed by atoms with E-state index in [1.807, 2.05) is 35.4 Å². The molecule has 1 fully saturated rings. The number of benzene rings is 3. The van der Waals surface area contributed by atoms with Gasteiger partial charge >= 0.3 is 0 Å². The van der Waals surface area contributed by atoms with Crippen molar-refractivity contribution in [2.24, 2.45) is 0 Å². The predicted octanol–water partition coefficient (Wildman–Crippen LogP) is 5.73. The Morgan fingerprint density at radius 2 is 1.61 bits per heavy atom. The standard InChI is InChI=1S/C24H22N2O2/c1-27-21-13-11-19(12-14-21)23-17-24(28-26(23)20-8-3-2-4-9-20)25-16-15-18-7-5-6-10-22(18)25/h2-16,23-24H,17H2,1H3. The molecule has 1 aliphatic rings. The van der Waals surface area contributed by atoms with Gasteiger partial charge in [-0.3, -0.25) is 0 Å². The highest BCUT2D eigenvalue weighted by molar-refractivity contribution is 5.80. The molecule has 1 aromatic heterocycles. The summed E-state index contributed by atoms with van der Waals surface area (Å²) in [4.78, 5) is 6.49. The summed E-state index contributed by atoms with van der Waals surface area (Å²) < 4.78 is 7.55. The van der Waals surface area contributed by atoms with Crippen molar-refractivity contribution in [2.75, 3.05) is 12.2 Å². The van der Waals surface area contributed by atoms with E-state index in [0.717, 1.165) is 17.9 Å². The lowest BCUT2D eigenvalue weighted by Gasteiger charge is -2.25. The fourth-order valence-corrected chi connectivity index (χ4v) is 3.97. The summed E-state index contributed by atoms with van der Waals surface area (Å²) in [5.74, 6) is 0.863. The first-order valence-corrected chi connectivity index (χ1v) is 9.54. The maximum atomic E-state index is 6.49. The monoisotopic (exact) mass is 370 g/mol. The molecular formula is C24H22N2O2. The maximum Gasteiger partial charge on any atom is 0.163 e. The molecule has 0 aliphatic carbocycles. The average Bonchev–Trinajstić information content (AvgIpc) is 3.39. The van der Waals surface area contributed by atoms with Crippen LogP contribution in [0, 0.1) is 0 Å². The van der Waals surface area contributed by atoms with Gasteiger partial charge in [-0.05, 0) is 47.3 Å². The molecule has 2 atom stereocenters. The summed E-state index contributed by atoms with van der Waals surface area (Å²) >= 11 is 0. The van der Waals surface area contributed by atoms with E-state index >= 15 is 0 Å². The van der Waals surface area contributed by atoms with Gasteiger partial charge in [0.15, 0.2) is 6.23 Å². The number of anilines is 1. The molecule has 0 N–H and O–H groups in total. The van der Waals surface area contributed by atoms with Crippen molar-refractivity contribution in [3.63, 3.8) is 0 Å². The molecule has 5 rings (SSSR count). The first kappa shape index (κ1) is 16.9. The second-order valence-corrected chi connectivity index (χ2v) is 7.03. The van der Waals surface area contributed by atoms with Crippen molar-refractivity contribution >= 4 is 16.6 Å². The van der Waals surface area contributed by atoms with E-state index in [0.29, 0.717) is 0 Å². The highest BCUT2D eigenvalue weighted by Gasteiger charge is 2.36. The van der Waals surface area contributed by atoms with Gasteiger partial charge in [0, 0.05) is 12.6 Å². The van der Waals surface area contributed by atoms with E-state index in [1.54, 1.807) is 7.11 Å². The minimum absolute atomic E-state index is 0.0628. The molecule has 28 heavy (non-hydrogen) atoms. The number of rotatable bonds is 4. The molecule has 0 amide bonds. The van der Waals surface area contributed by atoms with Gasteiger partial charge in [-0.25, -0.2) is 9.90 Å². The van der Waals surface area contributed by atoms with Gasteiger partial charge in [0.1, 0.15) is 5.75 Å². The Bertz CT molecular complexity index is 1070. The molecule has 3 aromatic carbocycles. The lowest BCUT2D eigenvalue weighted by atomic mass is 10.0. The highest BCUT2D eigenvalue weighted by Crippen LogP contribution is 2.43. The number of hydroxylamine groups is 1.